The van der Waals surface area contributed by atoms with Gasteiger partial charge >= 0.3 is 5.97 Å². The van der Waals surface area contributed by atoms with E-state index in [0.717, 1.165) is 12.8 Å². The van der Waals surface area contributed by atoms with Crippen molar-refractivity contribution in [2.75, 3.05) is 6.61 Å². The first kappa shape index (κ1) is 18.2. The molecule has 0 radical (unpaired) electrons. The molecule has 24 heavy (non-hydrogen) atoms. The van der Waals surface area contributed by atoms with Crippen LogP contribution in [0.25, 0.3) is 6.08 Å². The minimum Gasteiger partial charge on any atom is -0.452 e. The lowest BCUT2D eigenvalue weighted by Gasteiger charge is -2.34. The second kappa shape index (κ2) is 8.62. The second-order valence-corrected chi connectivity index (χ2v) is 6.44. The fourth-order valence-corrected chi connectivity index (χ4v) is 2.99. The highest BCUT2D eigenvalue weighted by molar-refractivity contribution is 5.89. The zero-order valence-corrected chi connectivity index (χ0v) is 14.1. The van der Waals surface area contributed by atoms with Gasteiger partial charge in [-0.3, -0.25) is 4.79 Å². The number of carbonyl (C=O) groups excluding carboxylic acids is 2. The van der Waals surface area contributed by atoms with Crippen LogP contribution in [0.2, 0.25) is 0 Å². The summed E-state index contributed by atoms with van der Waals surface area (Å²) >= 11 is 0. The summed E-state index contributed by atoms with van der Waals surface area (Å²) in [5.74, 6) is -0.277. The number of rotatable bonds is 5. The molecule has 1 fully saturated rings. The fourth-order valence-electron chi connectivity index (χ4n) is 2.99. The topological polar surface area (TPSA) is 55.4 Å². The van der Waals surface area contributed by atoms with Crippen LogP contribution in [0.4, 0.5) is 4.39 Å². The van der Waals surface area contributed by atoms with Gasteiger partial charge < -0.3 is 10.1 Å². The molecule has 1 aromatic carbocycles. The number of nitrogens with one attached hydrogen (secondary N) is 1. The molecule has 1 saturated carbocycles. The molecule has 5 heteroatoms. The van der Waals surface area contributed by atoms with Crippen molar-refractivity contribution >= 4 is 18.0 Å². The van der Waals surface area contributed by atoms with Crippen molar-refractivity contribution in [2.24, 2.45) is 11.8 Å². The van der Waals surface area contributed by atoms with Gasteiger partial charge in [0.2, 0.25) is 0 Å². The van der Waals surface area contributed by atoms with Gasteiger partial charge in [-0.1, -0.05) is 38.8 Å². The van der Waals surface area contributed by atoms with Gasteiger partial charge in [-0.15, -0.1) is 0 Å². The highest BCUT2D eigenvalue weighted by Crippen LogP contribution is 2.29. The monoisotopic (exact) mass is 333 g/mol. The van der Waals surface area contributed by atoms with Gasteiger partial charge in [-0.2, -0.15) is 0 Å². The molecule has 0 spiro atoms. The van der Waals surface area contributed by atoms with Crippen LogP contribution >= 0.6 is 0 Å². The van der Waals surface area contributed by atoms with Crippen LogP contribution in [-0.4, -0.2) is 24.5 Å². The molecule has 0 aromatic heterocycles. The van der Waals surface area contributed by atoms with E-state index in [-0.39, 0.29) is 24.4 Å². The van der Waals surface area contributed by atoms with Gasteiger partial charge in [0, 0.05) is 12.1 Å². The van der Waals surface area contributed by atoms with Crippen molar-refractivity contribution in [3.8, 4) is 0 Å². The summed E-state index contributed by atoms with van der Waals surface area (Å²) in [5, 5.41) is 2.95. The van der Waals surface area contributed by atoms with Gasteiger partial charge in [0.05, 0.1) is 0 Å². The number of hydrogen-bond acceptors (Lipinski definition) is 3. The predicted molar refractivity (Wildman–Crippen MR) is 90.5 cm³/mol. The lowest BCUT2D eigenvalue weighted by atomic mass is 9.78. The summed E-state index contributed by atoms with van der Waals surface area (Å²) in [4.78, 5) is 23.6. The minimum atomic E-state index is -0.625. The molecule has 1 aromatic rings. The van der Waals surface area contributed by atoms with E-state index in [1.165, 1.54) is 30.7 Å². The van der Waals surface area contributed by atoms with Gasteiger partial charge in [0.25, 0.3) is 5.91 Å². The van der Waals surface area contributed by atoms with Crippen LogP contribution < -0.4 is 5.32 Å². The van der Waals surface area contributed by atoms with Crippen molar-refractivity contribution in [1.82, 2.24) is 5.32 Å². The number of benzene rings is 1. The molecular formula is C19H24FNO3. The Morgan fingerprint density at radius 1 is 1.33 bits per heavy atom. The zero-order valence-electron chi connectivity index (χ0n) is 14.1. The summed E-state index contributed by atoms with van der Waals surface area (Å²) in [6.07, 6.45) is 5.90. The molecule has 0 saturated heterocycles. The van der Waals surface area contributed by atoms with Crippen LogP contribution in [0, 0.1) is 17.7 Å². The Bertz CT molecular complexity index is 614. The highest BCUT2D eigenvalue weighted by atomic mass is 19.1. The smallest absolute Gasteiger partial charge is 0.331 e. The van der Waals surface area contributed by atoms with E-state index in [9.17, 15) is 14.0 Å². The van der Waals surface area contributed by atoms with Crippen LogP contribution in [0.1, 0.15) is 38.7 Å². The van der Waals surface area contributed by atoms with E-state index in [2.05, 4.69) is 19.2 Å². The van der Waals surface area contributed by atoms with Gasteiger partial charge in [-0.25, -0.2) is 9.18 Å². The maximum absolute atomic E-state index is 13.0. The lowest BCUT2D eigenvalue weighted by molar-refractivity contribution is -0.144. The predicted octanol–water partition coefficient (Wildman–Crippen LogP) is 3.32. The molecule has 4 nitrogen and oxygen atoms in total. The molecule has 2 rings (SSSR count). The number of ether oxygens (including phenoxy) is 1. The third-order valence-corrected chi connectivity index (χ3v) is 4.66. The summed E-state index contributed by atoms with van der Waals surface area (Å²) in [7, 11) is 0. The molecule has 3 atom stereocenters. The Morgan fingerprint density at radius 3 is 2.88 bits per heavy atom. The molecule has 1 N–H and O–H groups in total. The average molecular weight is 333 g/mol. The second-order valence-electron chi connectivity index (χ2n) is 6.44. The van der Waals surface area contributed by atoms with Crippen molar-refractivity contribution in [3.63, 3.8) is 0 Å². The average Bonchev–Trinajstić information content (AvgIpc) is 2.55. The number of esters is 1. The number of hydrogen-bond donors (Lipinski definition) is 1. The molecule has 1 aliphatic rings. The molecule has 0 aliphatic heterocycles. The zero-order chi connectivity index (χ0) is 17.5. The van der Waals surface area contributed by atoms with E-state index in [0.29, 0.717) is 17.4 Å². The van der Waals surface area contributed by atoms with Crippen molar-refractivity contribution in [3.05, 3.63) is 41.7 Å². The molecule has 0 bridgehead atoms. The first-order valence-corrected chi connectivity index (χ1v) is 8.35. The number of amides is 1. The van der Waals surface area contributed by atoms with Gasteiger partial charge in [-0.05, 0) is 42.0 Å². The van der Waals surface area contributed by atoms with E-state index in [4.69, 9.17) is 4.74 Å². The van der Waals surface area contributed by atoms with Crippen molar-refractivity contribution in [1.29, 1.82) is 0 Å². The maximum Gasteiger partial charge on any atom is 0.331 e. The summed E-state index contributed by atoms with van der Waals surface area (Å²) in [6, 6.07) is 6.00. The summed E-state index contributed by atoms with van der Waals surface area (Å²) in [5.41, 5.74) is 0.557. The van der Waals surface area contributed by atoms with E-state index >= 15 is 0 Å². The van der Waals surface area contributed by atoms with Crippen LogP contribution in [0.15, 0.2) is 30.3 Å². The summed E-state index contributed by atoms with van der Waals surface area (Å²) in [6.45, 7) is 4.03. The van der Waals surface area contributed by atoms with E-state index in [1.54, 1.807) is 12.1 Å². The Hall–Kier alpha value is -2.17. The molecule has 1 aliphatic carbocycles. The lowest BCUT2D eigenvalue weighted by Crippen LogP contribution is -2.45. The number of halogens is 1. The van der Waals surface area contributed by atoms with Crippen LogP contribution in [-0.2, 0) is 14.3 Å². The quantitative estimate of drug-likeness (QED) is 0.664. The summed E-state index contributed by atoms with van der Waals surface area (Å²) < 4.78 is 18.0. The first-order valence-electron chi connectivity index (χ1n) is 8.35. The molecule has 0 unspecified atom stereocenters. The SMILES string of the molecule is C[C@@H]1[C@@H](C)CCC[C@H]1NC(=O)COC(=O)/C=C/c1cccc(F)c1. The van der Waals surface area contributed by atoms with Crippen LogP contribution in [0.3, 0.4) is 0 Å². The molecule has 1 amide bonds. The first-order chi connectivity index (χ1) is 11.5. The Balaban J connectivity index is 1.76. The third-order valence-electron chi connectivity index (χ3n) is 4.66. The van der Waals surface area contributed by atoms with Crippen molar-refractivity contribution in [2.45, 2.75) is 39.2 Å². The molecule has 0 heterocycles. The Labute approximate surface area is 142 Å². The number of carbonyl (C=O) groups is 2. The highest BCUT2D eigenvalue weighted by Gasteiger charge is 2.28. The molecular weight excluding hydrogens is 309 g/mol. The van der Waals surface area contributed by atoms with E-state index in [1.807, 2.05) is 0 Å². The van der Waals surface area contributed by atoms with Crippen molar-refractivity contribution < 1.29 is 18.7 Å². The minimum absolute atomic E-state index is 0.141. The Kier molecular flexibility index (Phi) is 6.53. The Morgan fingerprint density at radius 2 is 2.12 bits per heavy atom. The van der Waals surface area contributed by atoms with E-state index < -0.39 is 5.97 Å². The largest absolute Gasteiger partial charge is 0.452 e. The van der Waals surface area contributed by atoms with Crippen LogP contribution in [0.5, 0.6) is 0 Å². The normalized spacial score (nSPS) is 23.9. The fraction of sp³-hybridized carbons (Fsp3) is 0.474. The maximum atomic E-state index is 13.0. The molecule has 130 valence electrons. The third kappa shape index (κ3) is 5.48. The van der Waals surface area contributed by atoms with Gasteiger partial charge in [0.15, 0.2) is 6.61 Å². The van der Waals surface area contributed by atoms with Gasteiger partial charge in [0.1, 0.15) is 5.82 Å². The standard InChI is InChI=1S/C19H24FNO3/c1-13-5-3-8-17(14(13)2)21-18(22)12-24-19(23)10-9-15-6-4-7-16(20)11-15/h4,6-7,9-11,13-14,17H,3,5,8,12H2,1-2H3,(H,21,22)/b10-9+/t13-,14+,17+/m0/s1.